The van der Waals surface area contributed by atoms with Gasteiger partial charge >= 0.3 is 0 Å². The predicted octanol–water partition coefficient (Wildman–Crippen LogP) is 4.68. The number of hydrogen-bond acceptors (Lipinski definition) is 1. The van der Waals surface area contributed by atoms with Gasteiger partial charge in [0.15, 0.2) is 0 Å². The van der Waals surface area contributed by atoms with E-state index in [1.165, 1.54) is 51.4 Å². The first-order valence-corrected chi connectivity index (χ1v) is 6.84. The van der Waals surface area contributed by atoms with Crippen molar-refractivity contribution in [1.82, 2.24) is 0 Å². The molecule has 0 saturated heterocycles. The van der Waals surface area contributed by atoms with E-state index in [0.717, 1.165) is 12.8 Å². The standard InChI is InChI=1S/C14H30O/c1-4-6-7-8-9-10-11-12-13-14(3,15)5-2/h15H,4-13H2,1-3H3/t14-/m0/s1. The molecule has 1 N–H and O–H groups in total. The Morgan fingerprint density at radius 2 is 1.27 bits per heavy atom. The summed E-state index contributed by atoms with van der Waals surface area (Å²) in [5.41, 5.74) is -0.414. The minimum atomic E-state index is -0.414. The van der Waals surface area contributed by atoms with Crippen molar-refractivity contribution in [2.24, 2.45) is 0 Å². The van der Waals surface area contributed by atoms with E-state index in [9.17, 15) is 5.11 Å². The summed E-state index contributed by atoms with van der Waals surface area (Å²) in [6.07, 6.45) is 12.6. The van der Waals surface area contributed by atoms with Gasteiger partial charge in [-0.05, 0) is 19.8 Å². The van der Waals surface area contributed by atoms with Crippen LogP contribution in [0.3, 0.4) is 0 Å². The molecule has 0 rings (SSSR count). The first-order chi connectivity index (χ1) is 7.12. The Morgan fingerprint density at radius 1 is 0.800 bits per heavy atom. The van der Waals surface area contributed by atoms with Crippen molar-refractivity contribution < 1.29 is 5.11 Å². The summed E-state index contributed by atoms with van der Waals surface area (Å²) in [6.45, 7) is 6.27. The second kappa shape index (κ2) is 9.21. The first-order valence-electron chi connectivity index (χ1n) is 6.84. The van der Waals surface area contributed by atoms with E-state index in [2.05, 4.69) is 13.8 Å². The molecule has 0 aromatic carbocycles. The summed E-state index contributed by atoms with van der Waals surface area (Å²) in [6, 6.07) is 0. The zero-order valence-corrected chi connectivity index (χ0v) is 11.0. The molecule has 92 valence electrons. The quantitative estimate of drug-likeness (QED) is 0.524. The van der Waals surface area contributed by atoms with Crippen LogP contribution in [0.25, 0.3) is 0 Å². The third-order valence-electron chi connectivity index (χ3n) is 3.33. The summed E-state index contributed by atoms with van der Waals surface area (Å²) in [4.78, 5) is 0. The van der Waals surface area contributed by atoms with Gasteiger partial charge in [0.1, 0.15) is 0 Å². The predicted molar refractivity (Wildman–Crippen MR) is 68.1 cm³/mol. The van der Waals surface area contributed by atoms with Crippen LogP contribution in [0.15, 0.2) is 0 Å². The SMILES string of the molecule is CCCCCCCCCC[C@@](C)(O)CC. The molecule has 0 spiro atoms. The molecule has 0 aliphatic rings. The number of hydrogen-bond donors (Lipinski definition) is 1. The van der Waals surface area contributed by atoms with Gasteiger partial charge in [0, 0.05) is 0 Å². The highest BCUT2D eigenvalue weighted by Gasteiger charge is 2.15. The zero-order chi connectivity index (χ0) is 11.6. The van der Waals surface area contributed by atoms with Crippen LogP contribution in [-0.4, -0.2) is 10.7 Å². The Kier molecular flexibility index (Phi) is 9.18. The minimum Gasteiger partial charge on any atom is -0.390 e. The second-order valence-corrected chi connectivity index (χ2v) is 5.08. The monoisotopic (exact) mass is 214 g/mol. The summed E-state index contributed by atoms with van der Waals surface area (Å²) < 4.78 is 0. The third-order valence-corrected chi connectivity index (χ3v) is 3.33. The normalized spacial score (nSPS) is 15.2. The van der Waals surface area contributed by atoms with Gasteiger partial charge in [-0.3, -0.25) is 0 Å². The molecular formula is C14H30O. The fourth-order valence-corrected chi connectivity index (χ4v) is 1.82. The van der Waals surface area contributed by atoms with Crippen molar-refractivity contribution in [3.05, 3.63) is 0 Å². The topological polar surface area (TPSA) is 20.2 Å². The Morgan fingerprint density at radius 3 is 1.73 bits per heavy atom. The zero-order valence-electron chi connectivity index (χ0n) is 11.0. The average Bonchev–Trinajstić information content (AvgIpc) is 2.22. The van der Waals surface area contributed by atoms with E-state index < -0.39 is 5.60 Å². The van der Waals surface area contributed by atoms with Crippen LogP contribution in [0.4, 0.5) is 0 Å². The van der Waals surface area contributed by atoms with E-state index in [4.69, 9.17) is 0 Å². The fourth-order valence-electron chi connectivity index (χ4n) is 1.82. The lowest BCUT2D eigenvalue weighted by molar-refractivity contribution is 0.0442. The van der Waals surface area contributed by atoms with Crippen LogP contribution in [0.2, 0.25) is 0 Å². The highest BCUT2D eigenvalue weighted by molar-refractivity contribution is 4.69. The lowest BCUT2D eigenvalue weighted by atomic mass is 9.95. The van der Waals surface area contributed by atoms with Gasteiger partial charge in [0.25, 0.3) is 0 Å². The Balaban J connectivity index is 3.11. The van der Waals surface area contributed by atoms with E-state index in [-0.39, 0.29) is 0 Å². The fraction of sp³-hybridized carbons (Fsp3) is 1.00. The molecule has 0 bridgehead atoms. The second-order valence-electron chi connectivity index (χ2n) is 5.08. The van der Waals surface area contributed by atoms with Crippen molar-refractivity contribution in [2.45, 2.75) is 90.6 Å². The lowest BCUT2D eigenvalue weighted by Gasteiger charge is -2.20. The highest BCUT2D eigenvalue weighted by Crippen LogP contribution is 2.18. The molecule has 0 radical (unpaired) electrons. The van der Waals surface area contributed by atoms with Crippen molar-refractivity contribution in [3.63, 3.8) is 0 Å². The molecular weight excluding hydrogens is 184 g/mol. The summed E-state index contributed by atoms with van der Waals surface area (Å²) in [5.74, 6) is 0. The lowest BCUT2D eigenvalue weighted by Crippen LogP contribution is -2.22. The molecule has 0 amide bonds. The maximum absolute atomic E-state index is 9.80. The molecule has 0 unspecified atom stereocenters. The molecule has 0 aromatic rings. The smallest absolute Gasteiger partial charge is 0.0617 e. The van der Waals surface area contributed by atoms with Gasteiger partial charge in [0.2, 0.25) is 0 Å². The van der Waals surface area contributed by atoms with Gasteiger partial charge in [-0.25, -0.2) is 0 Å². The molecule has 1 nitrogen and oxygen atoms in total. The summed E-state index contributed by atoms with van der Waals surface area (Å²) >= 11 is 0. The molecule has 0 aliphatic carbocycles. The van der Waals surface area contributed by atoms with Gasteiger partial charge in [-0.1, -0.05) is 65.2 Å². The molecule has 15 heavy (non-hydrogen) atoms. The Hall–Kier alpha value is -0.0400. The molecule has 0 saturated carbocycles. The van der Waals surface area contributed by atoms with Crippen LogP contribution < -0.4 is 0 Å². The minimum absolute atomic E-state index is 0.414. The maximum atomic E-state index is 9.80. The van der Waals surface area contributed by atoms with E-state index in [1.807, 2.05) is 6.92 Å². The van der Waals surface area contributed by atoms with Crippen LogP contribution in [-0.2, 0) is 0 Å². The largest absolute Gasteiger partial charge is 0.390 e. The van der Waals surface area contributed by atoms with E-state index >= 15 is 0 Å². The van der Waals surface area contributed by atoms with Gasteiger partial charge in [0.05, 0.1) is 5.60 Å². The Labute approximate surface area is 96.3 Å². The van der Waals surface area contributed by atoms with Gasteiger partial charge < -0.3 is 5.11 Å². The highest BCUT2D eigenvalue weighted by atomic mass is 16.3. The average molecular weight is 214 g/mol. The molecule has 0 fully saturated rings. The number of unbranched alkanes of at least 4 members (excludes halogenated alkanes) is 7. The molecule has 0 heterocycles. The number of rotatable bonds is 10. The first kappa shape index (κ1) is 15.0. The van der Waals surface area contributed by atoms with E-state index in [0.29, 0.717) is 0 Å². The third kappa shape index (κ3) is 10.2. The summed E-state index contributed by atoms with van der Waals surface area (Å²) in [7, 11) is 0. The van der Waals surface area contributed by atoms with Crippen LogP contribution in [0.1, 0.15) is 85.0 Å². The van der Waals surface area contributed by atoms with Gasteiger partial charge in [-0.2, -0.15) is 0 Å². The van der Waals surface area contributed by atoms with Crippen LogP contribution >= 0.6 is 0 Å². The van der Waals surface area contributed by atoms with Crippen molar-refractivity contribution >= 4 is 0 Å². The molecule has 0 aliphatic heterocycles. The summed E-state index contributed by atoms with van der Waals surface area (Å²) in [5, 5.41) is 9.80. The van der Waals surface area contributed by atoms with Crippen molar-refractivity contribution in [3.8, 4) is 0 Å². The van der Waals surface area contributed by atoms with Crippen LogP contribution in [0.5, 0.6) is 0 Å². The Bertz CT molecular complexity index is 129. The van der Waals surface area contributed by atoms with Gasteiger partial charge in [-0.15, -0.1) is 0 Å². The number of aliphatic hydroxyl groups is 1. The molecule has 1 atom stereocenters. The van der Waals surface area contributed by atoms with Crippen molar-refractivity contribution in [2.75, 3.05) is 0 Å². The van der Waals surface area contributed by atoms with E-state index in [1.54, 1.807) is 0 Å². The maximum Gasteiger partial charge on any atom is 0.0617 e. The molecule has 1 heteroatoms. The molecule has 0 aromatic heterocycles. The van der Waals surface area contributed by atoms with Crippen LogP contribution in [0, 0.1) is 0 Å². The van der Waals surface area contributed by atoms with Crippen molar-refractivity contribution in [1.29, 1.82) is 0 Å².